The maximum absolute atomic E-state index is 13.7. The van der Waals surface area contributed by atoms with E-state index in [1.165, 1.54) is 0 Å². The second kappa shape index (κ2) is 11.4. The molecule has 0 spiro atoms. The van der Waals surface area contributed by atoms with Gasteiger partial charge in [-0.05, 0) is 54.6 Å². The lowest BCUT2D eigenvalue weighted by molar-refractivity contribution is -0.144. The summed E-state index contributed by atoms with van der Waals surface area (Å²) in [6.07, 6.45) is -33.2. The Morgan fingerprint density at radius 2 is 0.625 bits per heavy atom. The van der Waals surface area contributed by atoms with Crippen molar-refractivity contribution in [3.05, 3.63) is 88.0 Å². The Balaban J connectivity index is 2.22. The summed E-state index contributed by atoms with van der Waals surface area (Å²) in [7, 11) is 0.653. The minimum absolute atomic E-state index is 0.00884. The molecular weight excluding hydrogens is 706 g/mol. The topological polar surface area (TPSA) is 17.8 Å². The van der Waals surface area contributed by atoms with E-state index in [0.717, 1.165) is 0 Å². The molecule has 20 heteroatoms. The highest BCUT2D eigenvalue weighted by Gasteiger charge is 2.41. The van der Waals surface area contributed by atoms with E-state index >= 15 is 0 Å². The largest absolute Gasteiger partial charge is 0.416 e. The first-order valence-corrected chi connectivity index (χ1v) is 12.4. The van der Waals surface area contributed by atoms with Gasteiger partial charge in [-0.2, -0.15) is 79.0 Å². The minimum Gasteiger partial charge on any atom is -0.327 e. The van der Waals surface area contributed by atoms with E-state index in [1.54, 1.807) is 0 Å². The van der Waals surface area contributed by atoms with Gasteiger partial charge in [-0.25, -0.2) is 4.98 Å². The van der Waals surface area contributed by atoms with Gasteiger partial charge in [0.25, 0.3) is 0 Å². The van der Waals surface area contributed by atoms with E-state index in [-0.39, 0.29) is 54.6 Å². The van der Waals surface area contributed by atoms with Crippen molar-refractivity contribution in [1.29, 1.82) is 0 Å². The lowest BCUT2D eigenvalue weighted by Crippen LogP contribution is -2.12. The first-order chi connectivity index (χ1) is 21.5. The van der Waals surface area contributed by atoms with Crippen molar-refractivity contribution in [2.75, 3.05) is 0 Å². The molecule has 0 bridgehead atoms. The fourth-order valence-corrected chi connectivity index (χ4v) is 4.56. The van der Waals surface area contributed by atoms with Crippen molar-refractivity contribution in [2.45, 2.75) is 37.1 Å². The van der Waals surface area contributed by atoms with Gasteiger partial charge in [0.2, 0.25) is 0 Å². The van der Waals surface area contributed by atoms with Crippen LogP contribution in [0.5, 0.6) is 0 Å². The summed E-state index contributed by atoms with van der Waals surface area (Å²) >= 11 is 0. The van der Waals surface area contributed by atoms with Gasteiger partial charge in [-0.1, -0.05) is 0 Å². The fourth-order valence-electron chi connectivity index (χ4n) is 4.56. The Morgan fingerprint density at radius 3 is 0.896 bits per heavy atom. The molecule has 0 saturated carbocycles. The SMILES string of the molecule is Cn1c(-c2cc(C(F)(F)F)cc(C(F)(F)F)c2)nc(-c2cc(C(F)(F)F)cc(C(F)(F)F)c2)c1-c1cc(C(F)(F)F)cc(C(F)(F)F)c1. The molecular formula is C28H12F18N2. The molecule has 0 unspecified atom stereocenters. The molecule has 0 radical (unpaired) electrons. The zero-order valence-corrected chi connectivity index (χ0v) is 22.9. The van der Waals surface area contributed by atoms with Gasteiger partial charge in [-0.3, -0.25) is 0 Å². The van der Waals surface area contributed by atoms with Gasteiger partial charge in [-0.15, -0.1) is 0 Å². The Morgan fingerprint density at radius 1 is 0.375 bits per heavy atom. The summed E-state index contributed by atoms with van der Waals surface area (Å²) in [4.78, 5) is 3.63. The van der Waals surface area contributed by atoms with Crippen molar-refractivity contribution in [1.82, 2.24) is 9.55 Å². The smallest absolute Gasteiger partial charge is 0.327 e. The lowest BCUT2D eigenvalue weighted by Gasteiger charge is -2.17. The molecule has 4 rings (SSSR count). The Labute approximate surface area is 255 Å². The highest BCUT2D eigenvalue weighted by Crippen LogP contribution is 2.46. The van der Waals surface area contributed by atoms with E-state index < -0.39 is 104 Å². The number of halogens is 18. The monoisotopic (exact) mass is 718 g/mol. The predicted octanol–water partition coefficient (Wildman–Crippen LogP) is 11.5. The molecule has 0 aliphatic carbocycles. The van der Waals surface area contributed by atoms with Crippen LogP contribution in [-0.2, 0) is 44.1 Å². The number of aromatic nitrogens is 2. The number of hydrogen-bond donors (Lipinski definition) is 0. The van der Waals surface area contributed by atoms with Crippen LogP contribution < -0.4 is 0 Å². The Kier molecular flexibility index (Phi) is 8.62. The molecule has 0 atom stereocenters. The maximum atomic E-state index is 13.7. The summed E-state index contributed by atoms with van der Waals surface area (Å²) in [6, 6.07) is -1.13. The third-order valence-electron chi connectivity index (χ3n) is 6.66. The summed E-state index contributed by atoms with van der Waals surface area (Å²) in [5, 5.41) is 0. The van der Waals surface area contributed by atoms with Gasteiger partial charge in [0, 0.05) is 23.7 Å². The zero-order chi connectivity index (χ0) is 36.6. The third-order valence-corrected chi connectivity index (χ3v) is 6.66. The maximum Gasteiger partial charge on any atom is 0.416 e. The van der Waals surface area contributed by atoms with E-state index in [4.69, 9.17) is 0 Å². The predicted molar refractivity (Wildman–Crippen MR) is 130 cm³/mol. The second-order valence-electron chi connectivity index (χ2n) is 10.1. The van der Waals surface area contributed by atoms with Crippen LogP contribution in [0.15, 0.2) is 54.6 Å². The molecule has 0 fully saturated rings. The molecule has 4 aromatic rings. The van der Waals surface area contributed by atoms with Gasteiger partial charge < -0.3 is 4.57 Å². The number of imidazole rings is 1. The summed E-state index contributed by atoms with van der Waals surface area (Å²) < 4.78 is 246. The number of alkyl halides is 18. The van der Waals surface area contributed by atoms with Crippen LogP contribution in [0, 0.1) is 0 Å². The average Bonchev–Trinajstić information content (AvgIpc) is 3.26. The van der Waals surface area contributed by atoms with Crippen LogP contribution in [-0.4, -0.2) is 9.55 Å². The first-order valence-electron chi connectivity index (χ1n) is 12.4. The van der Waals surface area contributed by atoms with Gasteiger partial charge in [0.15, 0.2) is 0 Å². The minimum atomic E-state index is -5.55. The van der Waals surface area contributed by atoms with Crippen molar-refractivity contribution >= 4 is 0 Å². The molecule has 2 nitrogen and oxygen atoms in total. The van der Waals surface area contributed by atoms with E-state index in [2.05, 4.69) is 4.98 Å². The van der Waals surface area contributed by atoms with Crippen LogP contribution in [0.2, 0.25) is 0 Å². The summed E-state index contributed by atoms with van der Waals surface area (Å²) in [6.45, 7) is 0. The average molecular weight is 718 g/mol. The normalized spacial score (nSPS) is 13.7. The molecule has 3 aromatic carbocycles. The van der Waals surface area contributed by atoms with E-state index in [9.17, 15) is 79.0 Å². The standard InChI is InChI=1S/C28H12F18N2/c1-48-21(12-4-16(25(35,36)37)9-17(5-12)26(38,39)40)20(11-2-14(23(29,30)31)8-15(3-11)24(32,33)34)47-22(48)13-6-18(27(41,42)43)10-19(7-13)28(44,45)46/h2-10H,1H3. The highest BCUT2D eigenvalue weighted by molar-refractivity contribution is 5.83. The quantitative estimate of drug-likeness (QED) is 0.193. The third kappa shape index (κ3) is 7.51. The lowest BCUT2D eigenvalue weighted by atomic mass is 9.97. The molecule has 0 saturated heterocycles. The molecule has 1 heterocycles. The van der Waals surface area contributed by atoms with E-state index in [0.29, 0.717) is 11.6 Å². The van der Waals surface area contributed by atoms with Crippen molar-refractivity contribution in [3.63, 3.8) is 0 Å². The van der Waals surface area contributed by atoms with Gasteiger partial charge >= 0.3 is 37.1 Å². The van der Waals surface area contributed by atoms with Crippen LogP contribution >= 0.6 is 0 Å². The number of benzene rings is 3. The summed E-state index contributed by atoms with van der Waals surface area (Å²) in [5.41, 5.74) is -18.1. The molecule has 260 valence electrons. The molecule has 48 heavy (non-hydrogen) atoms. The molecule has 0 aliphatic heterocycles. The van der Waals surface area contributed by atoms with Crippen molar-refractivity contribution < 1.29 is 79.0 Å². The van der Waals surface area contributed by atoms with Crippen molar-refractivity contribution in [3.8, 4) is 33.9 Å². The number of rotatable bonds is 3. The number of hydrogen-bond acceptors (Lipinski definition) is 1. The molecule has 0 N–H and O–H groups in total. The summed E-state index contributed by atoms with van der Waals surface area (Å²) in [5.74, 6) is -1.12. The molecule has 0 amide bonds. The molecule has 1 aromatic heterocycles. The van der Waals surface area contributed by atoms with Crippen LogP contribution in [0.25, 0.3) is 33.9 Å². The van der Waals surface area contributed by atoms with E-state index in [1.807, 2.05) is 0 Å². The highest BCUT2D eigenvalue weighted by atomic mass is 19.4. The second-order valence-corrected chi connectivity index (χ2v) is 10.1. The Bertz CT molecular complexity index is 1750. The van der Waals surface area contributed by atoms with Crippen LogP contribution in [0.4, 0.5) is 79.0 Å². The fraction of sp³-hybridized carbons (Fsp3) is 0.250. The molecule has 0 aliphatic rings. The van der Waals surface area contributed by atoms with Crippen LogP contribution in [0.1, 0.15) is 33.4 Å². The van der Waals surface area contributed by atoms with Gasteiger partial charge in [0.05, 0.1) is 44.8 Å². The Hall–Kier alpha value is -4.39. The first kappa shape index (κ1) is 36.4. The number of nitrogens with zero attached hydrogens (tertiary/aromatic N) is 2. The van der Waals surface area contributed by atoms with Crippen molar-refractivity contribution in [2.24, 2.45) is 7.05 Å². The van der Waals surface area contributed by atoms with Gasteiger partial charge in [0.1, 0.15) is 5.82 Å². The zero-order valence-electron chi connectivity index (χ0n) is 22.9. The van der Waals surface area contributed by atoms with Crippen LogP contribution in [0.3, 0.4) is 0 Å².